The van der Waals surface area contributed by atoms with Crippen LogP contribution in [0.2, 0.25) is 0 Å². The predicted octanol–water partition coefficient (Wildman–Crippen LogP) is 0.671. The Morgan fingerprint density at radius 2 is 2.36 bits per heavy atom. The third kappa shape index (κ3) is 2.14. The molecule has 0 amide bonds. The standard InChI is InChI=1S/C8H17FN2/c1-6(4-10)11-5-8(2)3-7(8)9/h6-7,11H,3-5,10H2,1-2H3/t6-,7?,8?/m1/s1. The van der Waals surface area contributed by atoms with Gasteiger partial charge >= 0.3 is 0 Å². The molecule has 3 heteroatoms. The first-order valence-electron chi connectivity index (χ1n) is 4.16. The summed E-state index contributed by atoms with van der Waals surface area (Å²) in [6, 6.07) is 0.305. The summed E-state index contributed by atoms with van der Waals surface area (Å²) in [6.07, 6.45) is 0.108. The molecule has 1 rings (SSSR count). The van der Waals surface area contributed by atoms with Crippen LogP contribution in [-0.4, -0.2) is 25.3 Å². The average Bonchev–Trinajstić information content (AvgIpc) is 2.56. The number of hydrogen-bond acceptors (Lipinski definition) is 2. The van der Waals surface area contributed by atoms with Crippen molar-refractivity contribution in [1.29, 1.82) is 0 Å². The van der Waals surface area contributed by atoms with Crippen LogP contribution in [0.1, 0.15) is 20.3 Å². The maximum atomic E-state index is 12.6. The van der Waals surface area contributed by atoms with Crippen molar-refractivity contribution in [2.24, 2.45) is 11.1 Å². The Bertz CT molecular complexity index is 140. The fraction of sp³-hybridized carbons (Fsp3) is 1.00. The minimum atomic E-state index is -0.597. The number of halogens is 1. The van der Waals surface area contributed by atoms with E-state index in [-0.39, 0.29) is 5.41 Å². The predicted molar refractivity (Wildman–Crippen MR) is 44.1 cm³/mol. The number of hydrogen-bond donors (Lipinski definition) is 2. The molecule has 3 N–H and O–H groups in total. The van der Waals surface area contributed by atoms with Crippen LogP contribution in [0.15, 0.2) is 0 Å². The summed E-state index contributed by atoms with van der Waals surface area (Å²) in [7, 11) is 0. The van der Waals surface area contributed by atoms with Crippen molar-refractivity contribution in [3.63, 3.8) is 0 Å². The Hall–Kier alpha value is -0.150. The summed E-state index contributed by atoms with van der Waals surface area (Å²) in [4.78, 5) is 0. The third-order valence-corrected chi connectivity index (χ3v) is 2.45. The monoisotopic (exact) mass is 160 g/mol. The first kappa shape index (κ1) is 8.94. The van der Waals surface area contributed by atoms with E-state index in [0.717, 1.165) is 6.54 Å². The molecule has 1 fully saturated rings. The van der Waals surface area contributed by atoms with Crippen LogP contribution in [0.4, 0.5) is 4.39 Å². The molecule has 11 heavy (non-hydrogen) atoms. The van der Waals surface area contributed by atoms with Crippen molar-refractivity contribution >= 4 is 0 Å². The van der Waals surface area contributed by atoms with Crippen molar-refractivity contribution in [3.8, 4) is 0 Å². The second kappa shape index (κ2) is 3.07. The summed E-state index contributed by atoms with van der Waals surface area (Å²) in [6.45, 7) is 5.35. The van der Waals surface area contributed by atoms with Crippen molar-refractivity contribution in [2.75, 3.05) is 13.1 Å². The van der Waals surface area contributed by atoms with Crippen molar-refractivity contribution in [2.45, 2.75) is 32.5 Å². The zero-order valence-corrected chi connectivity index (χ0v) is 7.23. The molecule has 0 heterocycles. The number of alkyl halides is 1. The zero-order chi connectivity index (χ0) is 8.48. The first-order valence-corrected chi connectivity index (χ1v) is 4.16. The van der Waals surface area contributed by atoms with Gasteiger partial charge in [-0.25, -0.2) is 4.39 Å². The van der Waals surface area contributed by atoms with E-state index in [0.29, 0.717) is 19.0 Å². The minimum absolute atomic E-state index is 0.0938. The summed E-state index contributed by atoms with van der Waals surface area (Å²) in [5.74, 6) is 0. The van der Waals surface area contributed by atoms with Crippen LogP contribution in [0, 0.1) is 5.41 Å². The Balaban J connectivity index is 2.13. The van der Waals surface area contributed by atoms with Crippen LogP contribution in [0.3, 0.4) is 0 Å². The molecule has 0 radical (unpaired) electrons. The summed E-state index contributed by atoms with van der Waals surface area (Å²) < 4.78 is 12.6. The molecule has 1 aliphatic rings. The Morgan fingerprint density at radius 3 is 2.73 bits per heavy atom. The molecule has 66 valence electrons. The number of nitrogens with one attached hydrogen (secondary N) is 1. The quantitative estimate of drug-likeness (QED) is 0.634. The lowest BCUT2D eigenvalue weighted by molar-refractivity contribution is 0.352. The molecule has 0 aromatic heterocycles. The van der Waals surface area contributed by atoms with Gasteiger partial charge in [0.25, 0.3) is 0 Å². The highest BCUT2D eigenvalue weighted by molar-refractivity contribution is 5.01. The van der Waals surface area contributed by atoms with Gasteiger partial charge in [-0.05, 0) is 13.3 Å². The first-order chi connectivity index (χ1) is 5.08. The van der Waals surface area contributed by atoms with Gasteiger partial charge in [-0.15, -0.1) is 0 Å². The second-order valence-corrected chi connectivity index (χ2v) is 3.84. The van der Waals surface area contributed by atoms with Gasteiger partial charge < -0.3 is 11.1 Å². The highest BCUT2D eigenvalue weighted by Gasteiger charge is 2.50. The smallest absolute Gasteiger partial charge is 0.107 e. The van der Waals surface area contributed by atoms with Crippen molar-refractivity contribution < 1.29 is 4.39 Å². The molecule has 0 spiro atoms. The van der Waals surface area contributed by atoms with Gasteiger partial charge in [0, 0.05) is 24.5 Å². The largest absolute Gasteiger partial charge is 0.329 e. The molecule has 0 aromatic rings. The van der Waals surface area contributed by atoms with E-state index in [2.05, 4.69) is 5.32 Å². The molecular weight excluding hydrogens is 143 g/mol. The summed E-state index contributed by atoms with van der Waals surface area (Å²) in [5.41, 5.74) is 5.31. The number of nitrogens with two attached hydrogens (primary N) is 1. The number of rotatable bonds is 4. The van der Waals surface area contributed by atoms with E-state index in [1.54, 1.807) is 0 Å². The molecule has 3 atom stereocenters. The zero-order valence-electron chi connectivity index (χ0n) is 7.23. The van der Waals surface area contributed by atoms with Gasteiger partial charge in [0.05, 0.1) is 0 Å². The van der Waals surface area contributed by atoms with E-state index in [1.807, 2.05) is 13.8 Å². The topological polar surface area (TPSA) is 38.0 Å². The summed E-state index contributed by atoms with van der Waals surface area (Å²) >= 11 is 0. The minimum Gasteiger partial charge on any atom is -0.329 e. The lowest BCUT2D eigenvalue weighted by Gasteiger charge is -2.14. The molecule has 0 saturated heterocycles. The lowest BCUT2D eigenvalue weighted by Crippen LogP contribution is -2.37. The molecule has 0 bridgehead atoms. The normalized spacial score (nSPS) is 38.7. The van der Waals surface area contributed by atoms with Crippen LogP contribution >= 0.6 is 0 Å². The van der Waals surface area contributed by atoms with Crippen LogP contribution in [0.25, 0.3) is 0 Å². The van der Waals surface area contributed by atoms with Crippen molar-refractivity contribution in [1.82, 2.24) is 5.32 Å². The van der Waals surface area contributed by atoms with Gasteiger partial charge in [-0.1, -0.05) is 6.92 Å². The van der Waals surface area contributed by atoms with E-state index in [4.69, 9.17) is 5.73 Å². The van der Waals surface area contributed by atoms with Gasteiger partial charge in [0.15, 0.2) is 0 Å². The molecule has 0 aromatic carbocycles. The second-order valence-electron chi connectivity index (χ2n) is 3.84. The summed E-state index contributed by atoms with van der Waals surface area (Å²) in [5, 5.41) is 3.20. The average molecular weight is 160 g/mol. The van der Waals surface area contributed by atoms with Gasteiger partial charge in [-0.2, -0.15) is 0 Å². The molecule has 2 nitrogen and oxygen atoms in total. The van der Waals surface area contributed by atoms with Crippen LogP contribution in [-0.2, 0) is 0 Å². The molecule has 0 aliphatic heterocycles. The fourth-order valence-corrected chi connectivity index (χ4v) is 1.02. The molecule has 1 saturated carbocycles. The van der Waals surface area contributed by atoms with Crippen LogP contribution in [0.5, 0.6) is 0 Å². The Labute approximate surface area is 67.3 Å². The Kier molecular flexibility index (Phi) is 2.50. The van der Waals surface area contributed by atoms with Gasteiger partial charge in [0.2, 0.25) is 0 Å². The SMILES string of the molecule is C[C@H](CN)NCC1(C)CC1F. The molecule has 2 unspecified atom stereocenters. The fourth-order valence-electron chi connectivity index (χ4n) is 1.02. The van der Waals surface area contributed by atoms with Gasteiger partial charge in [0.1, 0.15) is 6.17 Å². The van der Waals surface area contributed by atoms with Crippen molar-refractivity contribution in [3.05, 3.63) is 0 Å². The van der Waals surface area contributed by atoms with E-state index in [9.17, 15) is 4.39 Å². The lowest BCUT2D eigenvalue weighted by atomic mass is 10.1. The highest BCUT2D eigenvalue weighted by Crippen LogP contribution is 2.47. The van der Waals surface area contributed by atoms with Gasteiger partial charge in [-0.3, -0.25) is 0 Å². The van der Waals surface area contributed by atoms with E-state index >= 15 is 0 Å². The van der Waals surface area contributed by atoms with E-state index in [1.165, 1.54) is 0 Å². The maximum Gasteiger partial charge on any atom is 0.107 e. The van der Waals surface area contributed by atoms with Crippen LogP contribution < -0.4 is 11.1 Å². The maximum absolute atomic E-state index is 12.6. The molecule has 1 aliphatic carbocycles. The Morgan fingerprint density at radius 1 is 1.82 bits per heavy atom. The third-order valence-electron chi connectivity index (χ3n) is 2.45. The highest BCUT2D eigenvalue weighted by atomic mass is 19.1. The van der Waals surface area contributed by atoms with E-state index < -0.39 is 6.17 Å². The molecular formula is C8H17FN2.